The molecule has 0 spiro atoms. The number of carbonyl (C=O) groups excluding carboxylic acids is 1. The Kier molecular flexibility index (Phi) is 5.41. The molecule has 18 heavy (non-hydrogen) atoms. The van der Waals surface area contributed by atoms with E-state index in [1.54, 1.807) is 11.9 Å². The molecule has 0 aliphatic heterocycles. The van der Waals surface area contributed by atoms with E-state index in [9.17, 15) is 9.18 Å². The van der Waals surface area contributed by atoms with Crippen molar-refractivity contribution in [2.45, 2.75) is 26.3 Å². The summed E-state index contributed by atoms with van der Waals surface area (Å²) in [5, 5.41) is -0.0183. The van der Waals surface area contributed by atoms with Crippen LogP contribution in [0.3, 0.4) is 0 Å². The van der Waals surface area contributed by atoms with Gasteiger partial charge in [0, 0.05) is 19.2 Å². The van der Waals surface area contributed by atoms with Gasteiger partial charge in [0.25, 0.3) is 5.91 Å². The van der Waals surface area contributed by atoms with E-state index in [0.717, 1.165) is 6.42 Å². The van der Waals surface area contributed by atoms with Gasteiger partial charge in [-0.15, -0.1) is 0 Å². The number of rotatable bonds is 5. The zero-order chi connectivity index (χ0) is 13.7. The molecule has 0 saturated heterocycles. The maximum atomic E-state index is 12.9. The van der Waals surface area contributed by atoms with Crippen molar-refractivity contribution in [1.82, 2.24) is 4.90 Å². The lowest BCUT2D eigenvalue weighted by molar-refractivity contribution is -0.133. The van der Waals surface area contributed by atoms with Gasteiger partial charge in [-0.2, -0.15) is 0 Å². The third-order valence-electron chi connectivity index (χ3n) is 2.90. The molecule has 0 saturated carbocycles. The average Bonchev–Trinajstić information content (AvgIpc) is 2.37. The highest BCUT2D eigenvalue weighted by atomic mass is 35.5. The Bertz CT molecular complexity index is 425. The second kappa shape index (κ2) is 6.59. The van der Waals surface area contributed by atoms with Crippen LogP contribution in [0.2, 0.25) is 5.02 Å². The van der Waals surface area contributed by atoms with Gasteiger partial charge in [0.05, 0.1) is 5.02 Å². The van der Waals surface area contributed by atoms with Crippen LogP contribution in [-0.2, 0) is 4.79 Å². The molecule has 0 aromatic heterocycles. The normalized spacial score (nSPS) is 12.1. The van der Waals surface area contributed by atoms with Gasteiger partial charge in [0.2, 0.25) is 0 Å². The molecular formula is C13H17ClFNO2. The third kappa shape index (κ3) is 3.88. The Morgan fingerprint density at radius 1 is 1.56 bits per heavy atom. The van der Waals surface area contributed by atoms with Gasteiger partial charge in [-0.3, -0.25) is 4.79 Å². The van der Waals surface area contributed by atoms with Gasteiger partial charge in [-0.25, -0.2) is 4.39 Å². The average molecular weight is 274 g/mol. The van der Waals surface area contributed by atoms with E-state index in [0.29, 0.717) is 5.75 Å². The molecule has 0 bridgehead atoms. The lowest BCUT2D eigenvalue weighted by atomic mass is 10.2. The molecule has 5 heteroatoms. The minimum atomic E-state index is -0.507. The van der Waals surface area contributed by atoms with E-state index in [1.807, 2.05) is 13.8 Å². The van der Waals surface area contributed by atoms with Gasteiger partial charge in [-0.05, 0) is 25.5 Å². The molecular weight excluding hydrogens is 257 g/mol. The summed E-state index contributed by atoms with van der Waals surface area (Å²) in [6.07, 6.45) is 0.880. The molecule has 1 unspecified atom stereocenters. The third-order valence-corrected chi connectivity index (χ3v) is 3.19. The highest BCUT2D eigenvalue weighted by Crippen LogP contribution is 2.21. The molecule has 1 amide bonds. The fourth-order valence-corrected chi connectivity index (χ4v) is 1.50. The maximum absolute atomic E-state index is 12.9. The summed E-state index contributed by atoms with van der Waals surface area (Å²) in [7, 11) is 1.73. The molecule has 0 heterocycles. The number of benzene rings is 1. The summed E-state index contributed by atoms with van der Waals surface area (Å²) < 4.78 is 18.2. The van der Waals surface area contributed by atoms with E-state index in [-0.39, 0.29) is 23.6 Å². The second-order valence-corrected chi connectivity index (χ2v) is 4.53. The van der Waals surface area contributed by atoms with Crippen LogP contribution in [0.15, 0.2) is 18.2 Å². The molecule has 0 aliphatic rings. The van der Waals surface area contributed by atoms with Crippen molar-refractivity contribution >= 4 is 17.5 Å². The quantitative estimate of drug-likeness (QED) is 0.825. The lowest BCUT2D eigenvalue weighted by Gasteiger charge is -2.23. The standard InChI is InChI=1S/C13H17ClFNO2/c1-4-9(2)16(3)13(17)8-18-10-5-6-12(15)11(14)7-10/h5-7,9H,4,8H2,1-3H3. The van der Waals surface area contributed by atoms with Crippen molar-refractivity contribution in [1.29, 1.82) is 0 Å². The Balaban J connectivity index is 2.54. The maximum Gasteiger partial charge on any atom is 0.260 e. The fourth-order valence-electron chi connectivity index (χ4n) is 1.33. The molecule has 1 atom stereocenters. The van der Waals surface area contributed by atoms with Crippen molar-refractivity contribution in [3.05, 3.63) is 29.0 Å². The Hall–Kier alpha value is -1.29. The van der Waals surface area contributed by atoms with Crippen molar-refractivity contribution < 1.29 is 13.9 Å². The number of halogens is 2. The first kappa shape index (κ1) is 14.8. The Labute approximate surface area is 111 Å². The molecule has 3 nitrogen and oxygen atoms in total. The number of hydrogen-bond donors (Lipinski definition) is 0. The lowest BCUT2D eigenvalue weighted by Crippen LogP contribution is -2.37. The topological polar surface area (TPSA) is 29.5 Å². The van der Waals surface area contributed by atoms with Crippen molar-refractivity contribution in [3.8, 4) is 5.75 Å². The monoisotopic (exact) mass is 273 g/mol. The predicted molar refractivity (Wildman–Crippen MR) is 69.4 cm³/mol. The van der Waals surface area contributed by atoms with Crippen LogP contribution in [0.5, 0.6) is 5.75 Å². The molecule has 0 aliphatic carbocycles. The molecule has 100 valence electrons. The van der Waals surface area contributed by atoms with Crippen molar-refractivity contribution in [3.63, 3.8) is 0 Å². The van der Waals surface area contributed by atoms with Crippen LogP contribution in [0, 0.1) is 5.82 Å². The zero-order valence-electron chi connectivity index (χ0n) is 10.7. The fraction of sp³-hybridized carbons (Fsp3) is 0.462. The number of nitrogens with zero attached hydrogens (tertiary/aromatic N) is 1. The first-order valence-corrected chi connectivity index (χ1v) is 6.17. The van der Waals surface area contributed by atoms with Crippen LogP contribution in [-0.4, -0.2) is 30.5 Å². The highest BCUT2D eigenvalue weighted by Gasteiger charge is 2.14. The molecule has 1 rings (SSSR count). The van der Waals surface area contributed by atoms with Gasteiger partial charge in [-0.1, -0.05) is 18.5 Å². The molecule has 0 radical (unpaired) electrons. The number of ether oxygens (including phenoxy) is 1. The van der Waals surface area contributed by atoms with E-state index < -0.39 is 5.82 Å². The second-order valence-electron chi connectivity index (χ2n) is 4.13. The first-order chi connectivity index (χ1) is 8.45. The molecule has 1 aromatic rings. The highest BCUT2D eigenvalue weighted by molar-refractivity contribution is 6.30. The van der Waals surface area contributed by atoms with Crippen molar-refractivity contribution in [2.24, 2.45) is 0 Å². The summed E-state index contributed by atoms with van der Waals surface area (Å²) in [6.45, 7) is 3.89. The summed E-state index contributed by atoms with van der Waals surface area (Å²) in [5.74, 6) is -0.246. The number of likely N-dealkylation sites (N-methyl/N-ethyl adjacent to an activating group) is 1. The first-order valence-electron chi connectivity index (χ1n) is 5.79. The summed E-state index contributed by atoms with van der Waals surface area (Å²) >= 11 is 5.61. The predicted octanol–water partition coefficient (Wildman–Crippen LogP) is 3.11. The van der Waals surface area contributed by atoms with Crippen LogP contribution < -0.4 is 4.74 Å². The SMILES string of the molecule is CCC(C)N(C)C(=O)COc1ccc(F)c(Cl)c1. The molecule has 1 aromatic carbocycles. The van der Waals surface area contributed by atoms with E-state index in [1.165, 1.54) is 18.2 Å². The zero-order valence-corrected chi connectivity index (χ0v) is 11.5. The van der Waals surface area contributed by atoms with Crippen LogP contribution in [0.1, 0.15) is 20.3 Å². The largest absolute Gasteiger partial charge is 0.484 e. The molecule has 0 N–H and O–H groups in total. The van der Waals surface area contributed by atoms with E-state index in [4.69, 9.17) is 16.3 Å². The summed E-state index contributed by atoms with van der Waals surface area (Å²) in [4.78, 5) is 13.4. The number of hydrogen-bond acceptors (Lipinski definition) is 2. The van der Waals surface area contributed by atoms with Gasteiger partial charge in [0.15, 0.2) is 6.61 Å². The molecule has 0 fully saturated rings. The summed E-state index contributed by atoms with van der Waals surface area (Å²) in [5.41, 5.74) is 0. The van der Waals surface area contributed by atoms with Gasteiger partial charge < -0.3 is 9.64 Å². The van der Waals surface area contributed by atoms with Crippen molar-refractivity contribution in [2.75, 3.05) is 13.7 Å². The Morgan fingerprint density at radius 3 is 2.78 bits per heavy atom. The van der Waals surface area contributed by atoms with Crippen LogP contribution in [0.4, 0.5) is 4.39 Å². The minimum Gasteiger partial charge on any atom is -0.484 e. The minimum absolute atomic E-state index is 0.0183. The van der Waals surface area contributed by atoms with Gasteiger partial charge in [0.1, 0.15) is 11.6 Å². The smallest absolute Gasteiger partial charge is 0.260 e. The van der Waals surface area contributed by atoms with E-state index >= 15 is 0 Å². The van der Waals surface area contributed by atoms with Crippen LogP contribution >= 0.6 is 11.6 Å². The number of amides is 1. The summed E-state index contributed by atoms with van der Waals surface area (Å²) in [6, 6.07) is 4.17. The Morgan fingerprint density at radius 2 is 2.22 bits per heavy atom. The number of carbonyl (C=O) groups is 1. The van der Waals surface area contributed by atoms with E-state index in [2.05, 4.69) is 0 Å². The van der Waals surface area contributed by atoms with Crippen LogP contribution in [0.25, 0.3) is 0 Å². The van der Waals surface area contributed by atoms with Gasteiger partial charge >= 0.3 is 0 Å².